The number of nitrogens with zero attached hydrogens (tertiary/aromatic N) is 2. The predicted molar refractivity (Wildman–Crippen MR) is 78.5 cm³/mol. The third kappa shape index (κ3) is 4.82. The first-order chi connectivity index (χ1) is 10.1. The van der Waals surface area contributed by atoms with E-state index in [0.29, 0.717) is 37.8 Å². The number of alkyl halides is 2. The molecule has 0 aromatic heterocycles. The molecule has 116 valence electrons. The highest BCUT2D eigenvalue weighted by Crippen LogP contribution is 2.25. The van der Waals surface area contributed by atoms with Crippen molar-refractivity contribution in [3.05, 3.63) is 28.2 Å². The van der Waals surface area contributed by atoms with Gasteiger partial charge in [0.15, 0.2) is 5.96 Å². The normalized spacial score (nSPS) is 16.4. The number of nitrogens with two attached hydrogens (primary N) is 1. The fraction of sp³-hybridized carbons (Fsp3) is 0.462. The van der Waals surface area contributed by atoms with Crippen molar-refractivity contribution in [1.82, 2.24) is 4.90 Å². The van der Waals surface area contributed by atoms with Crippen LogP contribution in [0, 0.1) is 0 Å². The zero-order valence-corrected chi connectivity index (χ0v) is 12.9. The van der Waals surface area contributed by atoms with Crippen molar-refractivity contribution in [2.24, 2.45) is 10.7 Å². The highest BCUT2D eigenvalue weighted by molar-refractivity contribution is 9.10. The summed E-state index contributed by atoms with van der Waals surface area (Å²) >= 11 is 3.30. The lowest BCUT2D eigenvalue weighted by molar-refractivity contribution is -0.0504. The second-order valence-electron chi connectivity index (χ2n) is 4.40. The summed E-state index contributed by atoms with van der Waals surface area (Å²) in [6, 6.07) is 4.80. The van der Waals surface area contributed by atoms with E-state index < -0.39 is 6.61 Å². The van der Waals surface area contributed by atoms with Gasteiger partial charge in [-0.1, -0.05) is 15.9 Å². The Bertz CT molecular complexity index is 508. The van der Waals surface area contributed by atoms with Crippen molar-refractivity contribution in [3.8, 4) is 5.75 Å². The van der Waals surface area contributed by atoms with E-state index in [-0.39, 0.29) is 12.3 Å². The standard InChI is InChI=1S/C13H16BrF2N3O2/c14-10-1-2-11(21-12(15)16)9(7-10)8-18-13(17)19-3-5-20-6-4-19/h1-2,7,12H,3-6,8H2,(H2,17,18). The van der Waals surface area contributed by atoms with Gasteiger partial charge < -0.3 is 20.1 Å². The maximum atomic E-state index is 12.4. The molecule has 1 aliphatic heterocycles. The quantitative estimate of drug-likeness (QED) is 0.657. The van der Waals surface area contributed by atoms with Gasteiger partial charge in [-0.15, -0.1) is 0 Å². The second-order valence-corrected chi connectivity index (χ2v) is 5.32. The Kier molecular flexibility index (Phi) is 5.75. The molecule has 0 radical (unpaired) electrons. The highest BCUT2D eigenvalue weighted by Gasteiger charge is 2.13. The molecule has 1 saturated heterocycles. The predicted octanol–water partition coefficient (Wildman–Crippen LogP) is 2.20. The molecule has 0 atom stereocenters. The Labute approximate surface area is 129 Å². The van der Waals surface area contributed by atoms with E-state index in [4.69, 9.17) is 10.5 Å². The van der Waals surface area contributed by atoms with Gasteiger partial charge in [-0.2, -0.15) is 8.78 Å². The molecular weight excluding hydrogens is 348 g/mol. The van der Waals surface area contributed by atoms with Crippen LogP contribution >= 0.6 is 15.9 Å². The van der Waals surface area contributed by atoms with E-state index in [9.17, 15) is 8.78 Å². The Morgan fingerprint density at radius 1 is 1.43 bits per heavy atom. The summed E-state index contributed by atoms with van der Waals surface area (Å²) in [5, 5.41) is 0. The van der Waals surface area contributed by atoms with E-state index in [1.165, 1.54) is 6.07 Å². The van der Waals surface area contributed by atoms with E-state index in [0.717, 1.165) is 4.47 Å². The van der Waals surface area contributed by atoms with Gasteiger partial charge in [-0.3, -0.25) is 0 Å². The number of hydrogen-bond donors (Lipinski definition) is 1. The number of ether oxygens (including phenoxy) is 2. The monoisotopic (exact) mass is 363 g/mol. The minimum Gasteiger partial charge on any atom is -0.434 e. The average Bonchev–Trinajstić information content (AvgIpc) is 2.47. The maximum Gasteiger partial charge on any atom is 0.387 e. The number of rotatable bonds is 4. The number of aliphatic imine (C=N–C) groups is 1. The van der Waals surface area contributed by atoms with Crippen molar-refractivity contribution < 1.29 is 18.3 Å². The molecule has 8 heteroatoms. The molecule has 0 spiro atoms. The SMILES string of the molecule is NC(=NCc1cc(Br)ccc1OC(F)F)N1CCOCC1. The Morgan fingerprint density at radius 3 is 2.81 bits per heavy atom. The number of benzene rings is 1. The Balaban J connectivity index is 2.08. The van der Waals surface area contributed by atoms with E-state index in [2.05, 4.69) is 25.7 Å². The van der Waals surface area contributed by atoms with Gasteiger partial charge in [0.1, 0.15) is 5.75 Å². The summed E-state index contributed by atoms with van der Waals surface area (Å²) < 4.78 is 35.2. The average molecular weight is 364 g/mol. The Hall–Kier alpha value is -1.41. The smallest absolute Gasteiger partial charge is 0.387 e. The van der Waals surface area contributed by atoms with Crippen LogP contribution in [-0.2, 0) is 11.3 Å². The number of morpholine rings is 1. The minimum atomic E-state index is -2.87. The van der Waals surface area contributed by atoms with Gasteiger partial charge in [0.05, 0.1) is 19.8 Å². The number of guanidine groups is 1. The van der Waals surface area contributed by atoms with Crippen LogP contribution in [0.4, 0.5) is 8.78 Å². The van der Waals surface area contributed by atoms with Crippen LogP contribution in [0.1, 0.15) is 5.56 Å². The van der Waals surface area contributed by atoms with Gasteiger partial charge in [0.2, 0.25) is 0 Å². The second kappa shape index (κ2) is 7.56. The van der Waals surface area contributed by atoms with Crippen LogP contribution in [-0.4, -0.2) is 43.8 Å². The minimum absolute atomic E-state index is 0.103. The van der Waals surface area contributed by atoms with E-state index in [1.807, 2.05) is 4.90 Å². The molecule has 1 aliphatic rings. The zero-order valence-electron chi connectivity index (χ0n) is 11.3. The van der Waals surface area contributed by atoms with Gasteiger partial charge in [0, 0.05) is 23.1 Å². The third-order valence-corrected chi connectivity index (χ3v) is 3.48. The lowest BCUT2D eigenvalue weighted by Crippen LogP contribution is -2.44. The van der Waals surface area contributed by atoms with Crippen molar-refractivity contribution >= 4 is 21.9 Å². The van der Waals surface area contributed by atoms with E-state index >= 15 is 0 Å². The van der Waals surface area contributed by atoms with Crippen LogP contribution in [0.2, 0.25) is 0 Å². The van der Waals surface area contributed by atoms with Crippen LogP contribution in [0.3, 0.4) is 0 Å². The van der Waals surface area contributed by atoms with Crippen molar-refractivity contribution in [2.45, 2.75) is 13.2 Å². The highest BCUT2D eigenvalue weighted by atomic mass is 79.9. The molecule has 0 bridgehead atoms. The molecule has 0 aliphatic carbocycles. The van der Waals surface area contributed by atoms with Crippen molar-refractivity contribution in [2.75, 3.05) is 26.3 Å². The summed E-state index contributed by atoms with van der Waals surface area (Å²) in [7, 11) is 0. The first-order valence-corrected chi connectivity index (χ1v) is 7.21. The largest absolute Gasteiger partial charge is 0.434 e. The number of hydrogen-bond acceptors (Lipinski definition) is 3. The molecule has 1 aromatic rings. The summed E-state index contributed by atoms with van der Waals surface area (Å²) in [6.07, 6.45) is 0. The lowest BCUT2D eigenvalue weighted by atomic mass is 10.2. The van der Waals surface area contributed by atoms with Gasteiger partial charge in [0.25, 0.3) is 0 Å². The van der Waals surface area contributed by atoms with Crippen LogP contribution in [0.15, 0.2) is 27.7 Å². The first kappa shape index (κ1) is 16.0. The fourth-order valence-electron chi connectivity index (χ4n) is 1.94. The molecule has 0 amide bonds. The third-order valence-electron chi connectivity index (χ3n) is 2.99. The fourth-order valence-corrected chi connectivity index (χ4v) is 2.35. The van der Waals surface area contributed by atoms with E-state index in [1.54, 1.807) is 12.1 Å². The van der Waals surface area contributed by atoms with Crippen molar-refractivity contribution in [3.63, 3.8) is 0 Å². The summed E-state index contributed by atoms with van der Waals surface area (Å²) in [5.74, 6) is 0.480. The summed E-state index contributed by atoms with van der Waals surface area (Å²) in [5.41, 5.74) is 6.45. The molecule has 1 fully saturated rings. The van der Waals surface area contributed by atoms with Crippen LogP contribution in [0.25, 0.3) is 0 Å². The Morgan fingerprint density at radius 2 is 2.14 bits per heavy atom. The van der Waals surface area contributed by atoms with Crippen molar-refractivity contribution in [1.29, 1.82) is 0 Å². The van der Waals surface area contributed by atoms with Gasteiger partial charge in [-0.05, 0) is 18.2 Å². The lowest BCUT2D eigenvalue weighted by Gasteiger charge is -2.27. The van der Waals surface area contributed by atoms with Crippen LogP contribution in [0.5, 0.6) is 5.75 Å². The van der Waals surface area contributed by atoms with Gasteiger partial charge >= 0.3 is 6.61 Å². The summed E-state index contributed by atoms with van der Waals surface area (Å²) in [4.78, 5) is 6.14. The molecule has 1 aromatic carbocycles. The molecule has 1 heterocycles. The maximum absolute atomic E-state index is 12.4. The molecular formula is C13H16BrF2N3O2. The van der Waals surface area contributed by atoms with Crippen LogP contribution < -0.4 is 10.5 Å². The molecule has 2 N–H and O–H groups in total. The molecule has 0 unspecified atom stereocenters. The number of halogens is 3. The molecule has 2 rings (SSSR count). The first-order valence-electron chi connectivity index (χ1n) is 6.42. The summed E-state index contributed by atoms with van der Waals surface area (Å²) in [6.45, 7) is -0.141. The zero-order chi connectivity index (χ0) is 15.2. The molecule has 0 saturated carbocycles. The van der Waals surface area contributed by atoms with Gasteiger partial charge in [-0.25, -0.2) is 4.99 Å². The molecule has 21 heavy (non-hydrogen) atoms. The topological polar surface area (TPSA) is 60.1 Å². The molecule has 5 nitrogen and oxygen atoms in total.